The third-order valence-corrected chi connectivity index (χ3v) is 2.65. The second kappa shape index (κ2) is 7.17. The molecule has 0 unspecified atom stereocenters. The van der Waals surface area contributed by atoms with Crippen LogP contribution in [0.2, 0.25) is 0 Å². The van der Waals surface area contributed by atoms with E-state index in [1.165, 1.54) is 0 Å². The van der Waals surface area contributed by atoms with E-state index in [9.17, 15) is 4.79 Å². The first-order chi connectivity index (χ1) is 8.92. The summed E-state index contributed by atoms with van der Waals surface area (Å²) in [5.74, 6) is 0. The van der Waals surface area contributed by atoms with Gasteiger partial charge in [-0.3, -0.25) is 0 Å². The molecule has 106 valence electrons. The van der Waals surface area contributed by atoms with Gasteiger partial charge in [0.2, 0.25) is 0 Å². The van der Waals surface area contributed by atoms with Gasteiger partial charge in [-0.25, -0.2) is 4.79 Å². The Morgan fingerprint density at radius 1 is 1.21 bits per heavy atom. The lowest BCUT2D eigenvalue weighted by atomic mass is 10.2. The molecule has 1 rings (SSSR count). The van der Waals surface area contributed by atoms with Crippen molar-refractivity contribution in [3.8, 4) is 0 Å². The summed E-state index contributed by atoms with van der Waals surface area (Å²) < 4.78 is 5.46. The topological polar surface area (TPSA) is 29.5 Å². The Morgan fingerprint density at radius 3 is 2.37 bits per heavy atom. The minimum atomic E-state index is -0.446. The SMILES string of the molecule is CCCCN(Cc1ccccc1)C(=O)OC(C)(C)C. The fraction of sp³-hybridized carbons (Fsp3) is 0.562. The van der Waals surface area contributed by atoms with E-state index in [2.05, 4.69) is 6.92 Å². The van der Waals surface area contributed by atoms with Crippen molar-refractivity contribution in [3.05, 3.63) is 35.9 Å². The molecule has 3 heteroatoms. The van der Waals surface area contributed by atoms with E-state index in [0.717, 1.165) is 24.9 Å². The van der Waals surface area contributed by atoms with E-state index in [4.69, 9.17) is 4.74 Å². The average Bonchev–Trinajstić information content (AvgIpc) is 2.33. The van der Waals surface area contributed by atoms with Crippen LogP contribution in [0.4, 0.5) is 4.79 Å². The van der Waals surface area contributed by atoms with Crippen LogP contribution < -0.4 is 0 Å². The van der Waals surface area contributed by atoms with Gasteiger partial charge in [-0.1, -0.05) is 43.7 Å². The number of hydrogen-bond acceptors (Lipinski definition) is 2. The number of rotatable bonds is 5. The fourth-order valence-electron chi connectivity index (χ4n) is 1.71. The summed E-state index contributed by atoms with van der Waals surface area (Å²) in [6.45, 7) is 9.15. The number of hydrogen-bond donors (Lipinski definition) is 0. The van der Waals surface area contributed by atoms with E-state index < -0.39 is 5.60 Å². The number of unbranched alkanes of at least 4 members (excludes halogenated alkanes) is 1. The lowest BCUT2D eigenvalue weighted by molar-refractivity contribution is 0.0231. The number of nitrogens with zero attached hydrogens (tertiary/aromatic N) is 1. The zero-order chi connectivity index (χ0) is 14.3. The largest absolute Gasteiger partial charge is 0.444 e. The number of carbonyl (C=O) groups excluding carboxylic acids is 1. The molecule has 0 aliphatic rings. The standard InChI is InChI=1S/C16H25NO2/c1-5-6-12-17(15(18)19-16(2,3)4)13-14-10-8-7-9-11-14/h7-11H,5-6,12-13H2,1-4H3. The first-order valence-corrected chi connectivity index (χ1v) is 6.94. The number of amides is 1. The number of ether oxygens (including phenoxy) is 1. The summed E-state index contributed by atoms with van der Waals surface area (Å²) >= 11 is 0. The third kappa shape index (κ3) is 6.27. The van der Waals surface area contributed by atoms with Crippen LogP contribution in [0.1, 0.15) is 46.1 Å². The van der Waals surface area contributed by atoms with Crippen molar-refractivity contribution >= 4 is 6.09 Å². The van der Waals surface area contributed by atoms with Gasteiger partial charge in [0.25, 0.3) is 0 Å². The maximum absolute atomic E-state index is 12.2. The zero-order valence-electron chi connectivity index (χ0n) is 12.5. The summed E-state index contributed by atoms with van der Waals surface area (Å²) in [6, 6.07) is 10.0. The molecule has 0 saturated heterocycles. The molecule has 0 bridgehead atoms. The fourth-order valence-corrected chi connectivity index (χ4v) is 1.71. The van der Waals surface area contributed by atoms with Crippen LogP contribution in [0, 0.1) is 0 Å². The third-order valence-electron chi connectivity index (χ3n) is 2.65. The molecule has 0 aromatic heterocycles. The predicted octanol–water partition coefficient (Wildman–Crippen LogP) is 4.22. The number of benzene rings is 1. The maximum atomic E-state index is 12.2. The van der Waals surface area contributed by atoms with E-state index >= 15 is 0 Å². The van der Waals surface area contributed by atoms with Crippen LogP contribution >= 0.6 is 0 Å². The van der Waals surface area contributed by atoms with Crippen molar-refractivity contribution in [2.24, 2.45) is 0 Å². The van der Waals surface area contributed by atoms with Gasteiger partial charge in [-0.15, -0.1) is 0 Å². The Balaban J connectivity index is 2.68. The molecule has 19 heavy (non-hydrogen) atoms. The molecule has 1 aromatic rings. The molecule has 0 fully saturated rings. The summed E-state index contributed by atoms with van der Waals surface area (Å²) in [5, 5.41) is 0. The van der Waals surface area contributed by atoms with Gasteiger partial charge in [0.1, 0.15) is 5.60 Å². The Kier molecular flexibility index (Phi) is 5.87. The van der Waals surface area contributed by atoms with Crippen molar-refractivity contribution in [3.63, 3.8) is 0 Å². The highest BCUT2D eigenvalue weighted by Gasteiger charge is 2.21. The lowest BCUT2D eigenvalue weighted by Gasteiger charge is -2.27. The Hall–Kier alpha value is -1.51. The molecular formula is C16H25NO2. The number of carbonyl (C=O) groups is 1. The molecule has 1 aromatic carbocycles. The molecule has 0 spiro atoms. The second-order valence-electron chi connectivity index (χ2n) is 5.74. The van der Waals surface area contributed by atoms with E-state index in [-0.39, 0.29) is 6.09 Å². The Labute approximate surface area is 116 Å². The molecule has 0 aliphatic carbocycles. The molecular weight excluding hydrogens is 238 g/mol. The van der Waals surface area contributed by atoms with Gasteiger partial charge >= 0.3 is 6.09 Å². The summed E-state index contributed by atoms with van der Waals surface area (Å²) in [5.41, 5.74) is 0.683. The minimum absolute atomic E-state index is 0.232. The van der Waals surface area contributed by atoms with Crippen LogP contribution in [0.5, 0.6) is 0 Å². The monoisotopic (exact) mass is 263 g/mol. The van der Waals surface area contributed by atoms with E-state index in [0.29, 0.717) is 6.54 Å². The molecule has 0 atom stereocenters. The maximum Gasteiger partial charge on any atom is 0.410 e. The predicted molar refractivity (Wildman–Crippen MR) is 78.0 cm³/mol. The summed E-state index contributed by atoms with van der Waals surface area (Å²) in [6.07, 6.45) is 1.82. The quantitative estimate of drug-likeness (QED) is 0.796. The minimum Gasteiger partial charge on any atom is -0.444 e. The summed E-state index contributed by atoms with van der Waals surface area (Å²) in [7, 11) is 0. The zero-order valence-corrected chi connectivity index (χ0v) is 12.5. The van der Waals surface area contributed by atoms with Crippen LogP contribution in [0.3, 0.4) is 0 Å². The van der Waals surface area contributed by atoms with E-state index in [1.54, 1.807) is 4.90 Å². The lowest BCUT2D eigenvalue weighted by Crippen LogP contribution is -2.37. The van der Waals surface area contributed by atoms with Crippen LogP contribution in [0.15, 0.2) is 30.3 Å². The highest BCUT2D eigenvalue weighted by molar-refractivity contribution is 5.68. The van der Waals surface area contributed by atoms with E-state index in [1.807, 2.05) is 51.1 Å². The Bertz CT molecular complexity index is 381. The molecule has 0 aliphatic heterocycles. The molecule has 0 saturated carbocycles. The van der Waals surface area contributed by atoms with Crippen molar-refractivity contribution in [1.82, 2.24) is 4.90 Å². The first kappa shape index (κ1) is 15.5. The van der Waals surface area contributed by atoms with Crippen LogP contribution in [-0.2, 0) is 11.3 Å². The molecule has 0 N–H and O–H groups in total. The van der Waals surface area contributed by atoms with Gasteiger partial charge in [-0.05, 0) is 32.8 Å². The molecule has 1 amide bonds. The highest BCUT2D eigenvalue weighted by atomic mass is 16.6. The van der Waals surface area contributed by atoms with Crippen LogP contribution in [0.25, 0.3) is 0 Å². The van der Waals surface area contributed by atoms with Gasteiger partial charge in [0.15, 0.2) is 0 Å². The van der Waals surface area contributed by atoms with Crippen molar-refractivity contribution in [1.29, 1.82) is 0 Å². The average molecular weight is 263 g/mol. The van der Waals surface area contributed by atoms with Crippen molar-refractivity contribution in [2.75, 3.05) is 6.54 Å². The first-order valence-electron chi connectivity index (χ1n) is 6.94. The van der Waals surface area contributed by atoms with Crippen molar-refractivity contribution in [2.45, 2.75) is 52.7 Å². The van der Waals surface area contributed by atoms with Crippen molar-refractivity contribution < 1.29 is 9.53 Å². The molecule has 0 radical (unpaired) electrons. The summed E-state index contributed by atoms with van der Waals surface area (Å²) in [4.78, 5) is 14.0. The van der Waals surface area contributed by atoms with Gasteiger partial charge in [-0.2, -0.15) is 0 Å². The normalized spacial score (nSPS) is 11.2. The van der Waals surface area contributed by atoms with Gasteiger partial charge in [0, 0.05) is 13.1 Å². The Morgan fingerprint density at radius 2 is 1.84 bits per heavy atom. The molecule has 0 heterocycles. The molecule has 3 nitrogen and oxygen atoms in total. The smallest absolute Gasteiger partial charge is 0.410 e. The second-order valence-corrected chi connectivity index (χ2v) is 5.74. The van der Waals surface area contributed by atoms with Gasteiger partial charge < -0.3 is 9.64 Å². The van der Waals surface area contributed by atoms with Gasteiger partial charge in [0.05, 0.1) is 0 Å². The van der Waals surface area contributed by atoms with Crippen LogP contribution in [-0.4, -0.2) is 23.1 Å². The highest BCUT2D eigenvalue weighted by Crippen LogP contribution is 2.13.